The fourth-order valence-corrected chi connectivity index (χ4v) is 4.34. The highest BCUT2D eigenvalue weighted by atomic mass is 32.2. The standard InChI is InChI=1S/C16H15N5OS2/c1-3-21-10-18-19-16(21)23-9-13(22)11(8-17)15-20(2)12-6-4-5-7-14(12)24-15/h4-7,10H,3,9H2,1-2H3/b15-11+. The van der Waals surface area contributed by atoms with Crippen molar-refractivity contribution in [3.8, 4) is 6.07 Å². The lowest BCUT2D eigenvalue weighted by molar-refractivity contribution is -0.112. The summed E-state index contributed by atoms with van der Waals surface area (Å²) < 4.78 is 1.86. The Morgan fingerprint density at radius 2 is 2.21 bits per heavy atom. The van der Waals surface area contributed by atoms with Crippen molar-refractivity contribution in [3.63, 3.8) is 0 Å². The van der Waals surface area contributed by atoms with Gasteiger partial charge in [0, 0.05) is 18.5 Å². The molecule has 0 fully saturated rings. The van der Waals surface area contributed by atoms with E-state index in [-0.39, 0.29) is 17.1 Å². The van der Waals surface area contributed by atoms with Crippen molar-refractivity contribution in [2.75, 3.05) is 17.7 Å². The lowest BCUT2D eigenvalue weighted by atomic mass is 10.2. The number of nitriles is 1. The number of rotatable bonds is 5. The van der Waals surface area contributed by atoms with Crippen LogP contribution in [0.25, 0.3) is 0 Å². The van der Waals surface area contributed by atoms with Crippen LogP contribution in [-0.4, -0.2) is 33.3 Å². The molecule has 1 aliphatic rings. The van der Waals surface area contributed by atoms with E-state index in [0.717, 1.165) is 17.1 Å². The molecule has 0 bridgehead atoms. The molecule has 0 saturated carbocycles. The normalized spacial score (nSPS) is 15.1. The lowest BCUT2D eigenvalue weighted by Gasteiger charge is -2.14. The highest BCUT2D eigenvalue weighted by Gasteiger charge is 2.27. The molecule has 1 aromatic carbocycles. The zero-order chi connectivity index (χ0) is 17.1. The molecule has 2 heterocycles. The van der Waals surface area contributed by atoms with E-state index in [2.05, 4.69) is 16.3 Å². The number of para-hydroxylation sites is 1. The Morgan fingerprint density at radius 3 is 2.92 bits per heavy atom. The molecule has 8 heteroatoms. The van der Waals surface area contributed by atoms with Gasteiger partial charge in [-0.05, 0) is 19.1 Å². The number of hydrogen-bond acceptors (Lipinski definition) is 7. The first-order valence-electron chi connectivity index (χ1n) is 7.34. The monoisotopic (exact) mass is 357 g/mol. The van der Waals surface area contributed by atoms with E-state index in [1.54, 1.807) is 6.33 Å². The summed E-state index contributed by atoms with van der Waals surface area (Å²) in [5.41, 5.74) is 1.20. The van der Waals surface area contributed by atoms with Gasteiger partial charge >= 0.3 is 0 Å². The van der Waals surface area contributed by atoms with Crippen molar-refractivity contribution >= 4 is 35.0 Å². The molecular weight excluding hydrogens is 342 g/mol. The molecule has 0 spiro atoms. The van der Waals surface area contributed by atoms with Crippen LogP contribution in [0.1, 0.15) is 6.92 Å². The van der Waals surface area contributed by atoms with E-state index in [1.165, 1.54) is 23.5 Å². The van der Waals surface area contributed by atoms with Gasteiger partial charge in [0.05, 0.1) is 11.4 Å². The van der Waals surface area contributed by atoms with Crippen LogP contribution in [0.5, 0.6) is 0 Å². The molecule has 0 amide bonds. The Kier molecular flexibility index (Phi) is 4.92. The van der Waals surface area contributed by atoms with Gasteiger partial charge in [0.1, 0.15) is 23.0 Å². The summed E-state index contributed by atoms with van der Waals surface area (Å²) >= 11 is 2.76. The summed E-state index contributed by atoms with van der Waals surface area (Å²) in [4.78, 5) is 15.5. The minimum absolute atomic E-state index is 0.163. The molecule has 0 radical (unpaired) electrons. The van der Waals surface area contributed by atoms with Crippen molar-refractivity contribution in [3.05, 3.63) is 41.2 Å². The molecule has 3 rings (SSSR count). The zero-order valence-electron chi connectivity index (χ0n) is 13.3. The number of thioether (sulfide) groups is 2. The number of Topliss-reactive ketones (excluding diaryl/α,β-unsaturated/α-hetero) is 1. The predicted octanol–water partition coefficient (Wildman–Crippen LogP) is 2.94. The van der Waals surface area contributed by atoms with Gasteiger partial charge in [-0.3, -0.25) is 4.79 Å². The molecule has 2 aromatic rings. The minimum atomic E-state index is -0.199. The number of allylic oxidation sites excluding steroid dienone is 1. The maximum atomic E-state index is 12.6. The summed E-state index contributed by atoms with van der Waals surface area (Å²) in [5.74, 6) is -0.0363. The summed E-state index contributed by atoms with van der Waals surface area (Å²) in [6.45, 7) is 2.73. The first kappa shape index (κ1) is 16.6. The first-order chi connectivity index (χ1) is 11.7. The number of ketones is 1. The van der Waals surface area contributed by atoms with Crippen LogP contribution in [0.15, 0.2) is 51.2 Å². The highest BCUT2D eigenvalue weighted by Crippen LogP contribution is 2.46. The molecule has 6 nitrogen and oxygen atoms in total. The number of carbonyl (C=O) groups excluding carboxylic acids is 1. The second kappa shape index (κ2) is 7.11. The van der Waals surface area contributed by atoms with E-state index in [9.17, 15) is 10.1 Å². The molecule has 0 N–H and O–H groups in total. The van der Waals surface area contributed by atoms with E-state index < -0.39 is 0 Å². The summed E-state index contributed by atoms with van der Waals surface area (Å²) in [6, 6.07) is 9.94. The number of carbonyl (C=O) groups is 1. The third-order valence-electron chi connectivity index (χ3n) is 3.60. The SMILES string of the molecule is CCn1cnnc1SCC(=O)/C(C#N)=C1/Sc2ccccc2N1C. The molecule has 0 atom stereocenters. The highest BCUT2D eigenvalue weighted by molar-refractivity contribution is 8.03. The molecule has 24 heavy (non-hydrogen) atoms. The quantitative estimate of drug-likeness (QED) is 0.463. The first-order valence-corrected chi connectivity index (χ1v) is 9.14. The number of anilines is 1. The number of aromatic nitrogens is 3. The van der Waals surface area contributed by atoms with Crippen molar-refractivity contribution in [2.24, 2.45) is 0 Å². The second-order valence-electron chi connectivity index (χ2n) is 5.03. The number of nitrogens with zero attached hydrogens (tertiary/aromatic N) is 5. The van der Waals surface area contributed by atoms with Gasteiger partial charge < -0.3 is 9.47 Å². The maximum Gasteiger partial charge on any atom is 0.191 e. The van der Waals surface area contributed by atoms with Gasteiger partial charge in [0.15, 0.2) is 10.9 Å². The number of benzene rings is 1. The van der Waals surface area contributed by atoms with Gasteiger partial charge in [0.2, 0.25) is 0 Å². The largest absolute Gasteiger partial charge is 0.337 e. The third kappa shape index (κ3) is 3.05. The average molecular weight is 357 g/mol. The molecule has 1 aromatic heterocycles. The van der Waals surface area contributed by atoms with Crippen molar-refractivity contribution in [2.45, 2.75) is 23.5 Å². The van der Waals surface area contributed by atoms with Crippen molar-refractivity contribution in [1.82, 2.24) is 14.8 Å². The topological polar surface area (TPSA) is 74.8 Å². The van der Waals surface area contributed by atoms with Crippen molar-refractivity contribution in [1.29, 1.82) is 5.26 Å². The average Bonchev–Trinajstić information content (AvgIpc) is 3.19. The summed E-state index contributed by atoms with van der Waals surface area (Å²) in [7, 11) is 1.87. The van der Waals surface area contributed by atoms with E-state index in [1.807, 2.05) is 47.7 Å². The molecule has 1 aliphatic heterocycles. The third-order valence-corrected chi connectivity index (χ3v) is 5.81. The van der Waals surface area contributed by atoms with Gasteiger partial charge in [-0.2, -0.15) is 5.26 Å². The van der Waals surface area contributed by atoms with Crippen LogP contribution in [0.2, 0.25) is 0 Å². The Bertz CT molecular complexity index is 852. The Morgan fingerprint density at radius 1 is 1.42 bits per heavy atom. The number of fused-ring (bicyclic) bond motifs is 1. The smallest absolute Gasteiger partial charge is 0.191 e. The van der Waals surface area contributed by atoms with Gasteiger partial charge in [0.25, 0.3) is 0 Å². The van der Waals surface area contributed by atoms with Crippen LogP contribution in [0, 0.1) is 11.3 Å². The molecule has 0 saturated heterocycles. The Balaban J connectivity index is 1.80. The fourth-order valence-electron chi connectivity index (χ4n) is 2.33. The van der Waals surface area contributed by atoms with Gasteiger partial charge in [-0.15, -0.1) is 10.2 Å². The van der Waals surface area contributed by atoms with E-state index in [4.69, 9.17) is 0 Å². The molecule has 0 aliphatic carbocycles. The number of aryl methyl sites for hydroxylation is 1. The van der Waals surface area contributed by atoms with Crippen molar-refractivity contribution < 1.29 is 4.79 Å². The van der Waals surface area contributed by atoms with Crippen LogP contribution in [0.4, 0.5) is 5.69 Å². The van der Waals surface area contributed by atoms with Crippen LogP contribution < -0.4 is 4.90 Å². The van der Waals surface area contributed by atoms with E-state index >= 15 is 0 Å². The molecule has 0 unspecified atom stereocenters. The zero-order valence-corrected chi connectivity index (χ0v) is 14.9. The minimum Gasteiger partial charge on any atom is -0.337 e. The summed E-state index contributed by atoms with van der Waals surface area (Å²) in [6.07, 6.45) is 1.63. The van der Waals surface area contributed by atoms with Gasteiger partial charge in [-0.1, -0.05) is 35.7 Å². The van der Waals surface area contributed by atoms with Crippen LogP contribution in [0.3, 0.4) is 0 Å². The molecular formula is C16H15N5OS2. The maximum absolute atomic E-state index is 12.6. The van der Waals surface area contributed by atoms with E-state index in [0.29, 0.717) is 10.2 Å². The Hall–Kier alpha value is -2.24. The van der Waals surface area contributed by atoms with Crippen LogP contribution in [-0.2, 0) is 11.3 Å². The summed E-state index contributed by atoms with van der Waals surface area (Å²) in [5, 5.41) is 18.7. The van der Waals surface area contributed by atoms with Crippen LogP contribution >= 0.6 is 23.5 Å². The fraction of sp³-hybridized carbons (Fsp3) is 0.250. The Labute approximate surface area is 148 Å². The predicted molar refractivity (Wildman–Crippen MR) is 94.8 cm³/mol. The number of hydrogen-bond donors (Lipinski definition) is 0. The lowest BCUT2D eigenvalue weighted by Crippen LogP contribution is -2.16. The second-order valence-corrected chi connectivity index (χ2v) is 7.01. The molecule has 122 valence electrons. The van der Waals surface area contributed by atoms with Gasteiger partial charge in [-0.25, -0.2) is 0 Å².